The zero-order valence-electron chi connectivity index (χ0n) is 20.4. The number of rotatable bonds is 16. The van der Waals surface area contributed by atoms with Crippen LogP contribution in [0.3, 0.4) is 0 Å². The molecule has 0 aliphatic carbocycles. The number of unbranched alkanes of at least 4 members (excludes halogenated alkanes) is 9. The molecule has 1 fully saturated rings. The number of hydrogen-bond donors (Lipinski definition) is 5. The van der Waals surface area contributed by atoms with Crippen LogP contribution in [0, 0.1) is 5.41 Å². The standard InChI is InChI=1S/C23H42N6O5/c1-2-3-4-5-6-7-8-9-10-11-12-26-19(24)14-29-17-22(32)27-21(31)16-28(15-20(25)30)13-18(29)23(33)34/h18H,2-17H2,1H3,(H2,24,26)(H2,25,30)(H,33,34)(H,27,31,32). The average Bonchev–Trinajstić information content (AvgIpc) is 2.79. The molecule has 0 bridgehead atoms. The topological polar surface area (TPSA) is 169 Å². The van der Waals surface area contributed by atoms with Crippen molar-refractivity contribution in [2.24, 2.45) is 5.73 Å². The molecule has 0 aromatic heterocycles. The van der Waals surface area contributed by atoms with Gasteiger partial charge in [-0.25, -0.2) is 0 Å². The molecule has 0 spiro atoms. The van der Waals surface area contributed by atoms with E-state index in [-0.39, 0.29) is 38.6 Å². The molecule has 0 radical (unpaired) electrons. The molecular weight excluding hydrogens is 440 g/mol. The highest BCUT2D eigenvalue weighted by Gasteiger charge is 2.33. The molecule has 1 saturated heterocycles. The lowest BCUT2D eigenvalue weighted by atomic mass is 10.1. The van der Waals surface area contributed by atoms with Gasteiger partial charge >= 0.3 is 5.97 Å². The van der Waals surface area contributed by atoms with Crippen LogP contribution < -0.4 is 16.4 Å². The molecule has 1 aliphatic rings. The van der Waals surface area contributed by atoms with Crippen molar-refractivity contribution in [3.05, 3.63) is 0 Å². The van der Waals surface area contributed by atoms with Gasteiger partial charge in [-0.1, -0.05) is 64.7 Å². The number of nitrogens with two attached hydrogens (primary N) is 1. The smallest absolute Gasteiger partial charge is 0.322 e. The first-order chi connectivity index (χ1) is 16.2. The summed E-state index contributed by atoms with van der Waals surface area (Å²) in [4.78, 5) is 50.0. The van der Waals surface area contributed by atoms with E-state index in [1.165, 1.54) is 54.7 Å². The molecule has 1 aliphatic heterocycles. The number of carbonyl (C=O) groups is 4. The Morgan fingerprint density at radius 2 is 1.56 bits per heavy atom. The molecule has 1 heterocycles. The number of amides is 3. The third kappa shape index (κ3) is 13.2. The van der Waals surface area contributed by atoms with Crippen LogP contribution in [0.4, 0.5) is 0 Å². The van der Waals surface area contributed by atoms with E-state index in [4.69, 9.17) is 11.1 Å². The number of imide groups is 1. The molecular formula is C23H42N6O5. The summed E-state index contributed by atoms with van der Waals surface area (Å²) < 4.78 is 0. The fourth-order valence-electron chi connectivity index (χ4n) is 4.01. The number of carboxylic acid groups (broad SMARTS) is 1. The van der Waals surface area contributed by atoms with Crippen LogP contribution in [-0.2, 0) is 19.2 Å². The number of carbonyl (C=O) groups excluding carboxylic acids is 3. The maximum atomic E-state index is 12.2. The molecule has 0 aromatic rings. The van der Waals surface area contributed by atoms with Gasteiger partial charge in [0.15, 0.2) is 0 Å². The second-order valence-electron chi connectivity index (χ2n) is 8.95. The highest BCUT2D eigenvalue weighted by Crippen LogP contribution is 2.10. The van der Waals surface area contributed by atoms with Crippen LogP contribution in [0.2, 0.25) is 0 Å². The molecule has 0 aromatic carbocycles. The van der Waals surface area contributed by atoms with Crippen molar-refractivity contribution in [2.75, 3.05) is 39.3 Å². The highest BCUT2D eigenvalue weighted by atomic mass is 16.4. The summed E-state index contributed by atoms with van der Waals surface area (Å²) in [6, 6.07) is -1.18. The van der Waals surface area contributed by atoms with Crippen molar-refractivity contribution in [2.45, 2.75) is 77.2 Å². The van der Waals surface area contributed by atoms with E-state index in [2.05, 4.69) is 17.6 Å². The van der Waals surface area contributed by atoms with E-state index in [9.17, 15) is 24.3 Å². The Bertz CT molecular complexity index is 687. The van der Waals surface area contributed by atoms with Gasteiger partial charge in [-0.3, -0.25) is 39.7 Å². The number of nitrogens with zero attached hydrogens (tertiary/aromatic N) is 2. The number of amidine groups is 1. The van der Waals surface area contributed by atoms with Crippen LogP contribution in [0.1, 0.15) is 71.1 Å². The molecule has 34 heavy (non-hydrogen) atoms. The zero-order valence-corrected chi connectivity index (χ0v) is 20.4. The zero-order chi connectivity index (χ0) is 25.3. The van der Waals surface area contributed by atoms with E-state index in [0.717, 1.165) is 19.3 Å². The summed E-state index contributed by atoms with van der Waals surface area (Å²) in [5.41, 5.74) is 5.21. The Morgan fingerprint density at radius 3 is 2.12 bits per heavy atom. The predicted octanol–water partition coefficient (Wildman–Crippen LogP) is 0.673. The van der Waals surface area contributed by atoms with Gasteiger partial charge in [0.05, 0.1) is 26.2 Å². The van der Waals surface area contributed by atoms with Crippen molar-refractivity contribution in [1.29, 1.82) is 5.41 Å². The summed E-state index contributed by atoms with van der Waals surface area (Å²) in [7, 11) is 0. The maximum absolute atomic E-state index is 12.2. The molecule has 1 unspecified atom stereocenters. The van der Waals surface area contributed by atoms with Gasteiger partial charge in [0.2, 0.25) is 17.7 Å². The Balaban J connectivity index is 2.48. The van der Waals surface area contributed by atoms with Gasteiger partial charge in [-0.15, -0.1) is 0 Å². The summed E-state index contributed by atoms with van der Waals surface area (Å²) in [5.74, 6) is -3.10. The monoisotopic (exact) mass is 482 g/mol. The lowest BCUT2D eigenvalue weighted by Crippen LogP contribution is -2.53. The summed E-state index contributed by atoms with van der Waals surface area (Å²) in [6.45, 7) is 1.56. The average molecular weight is 483 g/mol. The fraction of sp³-hybridized carbons (Fsp3) is 0.783. The van der Waals surface area contributed by atoms with E-state index < -0.39 is 29.7 Å². The SMILES string of the molecule is CCCCCCCCCCCCNC(=N)CN1CC(=O)NC(=O)CN(CC(N)=O)CC1C(=O)O. The second-order valence-corrected chi connectivity index (χ2v) is 8.95. The fourth-order valence-corrected chi connectivity index (χ4v) is 4.01. The first-order valence-electron chi connectivity index (χ1n) is 12.3. The molecule has 6 N–H and O–H groups in total. The van der Waals surface area contributed by atoms with Crippen LogP contribution in [0.25, 0.3) is 0 Å². The van der Waals surface area contributed by atoms with Crippen molar-refractivity contribution in [3.8, 4) is 0 Å². The van der Waals surface area contributed by atoms with Crippen molar-refractivity contribution >= 4 is 29.5 Å². The van der Waals surface area contributed by atoms with Gasteiger partial charge in [0.1, 0.15) is 11.9 Å². The lowest BCUT2D eigenvalue weighted by molar-refractivity contribution is -0.144. The Hall–Kier alpha value is -2.53. The number of nitrogens with one attached hydrogen (secondary N) is 3. The number of carboxylic acids is 1. The van der Waals surface area contributed by atoms with Gasteiger partial charge in [-0.05, 0) is 6.42 Å². The first-order valence-corrected chi connectivity index (χ1v) is 12.3. The molecule has 11 nitrogen and oxygen atoms in total. The Morgan fingerprint density at radius 1 is 1.00 bits per heavy atom. The summed E-state index contributed by atoms with van der Waals surface area (Å²) >= 11 is 0. The van der Waals surface area contributed by atoms with Crippen molar-refractivity contribution < 1.29 is 24.3 Å². The molecule has 3 amide bonds. The van der Waals surface area contributed by atoms with Crippen LogP contribution in [-0.4, -0.2) is 89.7 Å². The molecule has 0 saturated carbocycles. The van der Waals surface area contributed by atoms with Gasteiger partial charge in [0, 0.05) is 13.1 Å². The first kappa shape index (κ1) is 29.5. The minimum absolute atomic E-state index is 0.0965. The summed E-state index contributed by atoms with van der Waals surface area (Å²) in [6.07, 6.45) is 12.1. The van der Waals surface area contributed by atoms with E-state index >= 15 is 0 Å². The Labute approximate surface area is 202 Å². The second kappa shape index (κ2) is 17.0. The minimum atomic E-state index is -1.21. The van der Waals surface area contributed by atoms with E-state index in [0.29, 0.717) is 6.54 Å². The van der Waals surface area contributed by atoms with E-state index in [1.807, 2.05) is 0 Å². The maximum Gasteiger partial charge on any atom is 0.322 e. The van der Waals surface area contributed by atoms with E-state index in [1.54, 1.807) is 0 Å². The third-order valence-electron chi connectivity index (χ3n) is 5.76. The van der Waals surface area contributed by atoms with Crippen LogP contribution in [0.15, 0.2) is 0 Å². The number of primary amides is 1. The minimum Gasteiger partial charge on any atom is -0.480 e. The molecule has 11 heteroatoms. The largest absolute Gasteiger partial charge is 0.480 e. The van der Waals surface area contributed by atoms with Crippen molar-refractivity contribution in [3.63, 3.8) is 0 Å². The number of hydrogen-bond acceptors (Lipinski definition) is 7. The normalized spacial score (nSPS) is 18.0. The van der Waals surface area contributed by atoms with Gasteiger partial charge in [0.25, 0.3) is 0 Å². The number of aliphatic carboxylic acids is 1. The molecule has 1 atom stereocenters. The van der Waals surface area contributed by atoms with Gasteiger partial charge < -0.3 is 16.2 Å². The predicted molar refractivity (Wildman–Crippen MR) is 129 cm³/mol. The summed E-state index contributed by atoms with van der Waals surface area (Å²) in [5, 5.41) is 23.1. The highest BCUT2D eigenvalue weighted by molar-refractivity contribution is 5.98. The molecule has 194 valence electrons. The van der Waals surface area contributed by atoms with Crippen LogP contribution in [0.5, 0.6) is 0 Å². The molecule has 1 rings (SSSR count). The van der Waals surface area contributed by atoms with Crippen molar-refractivity contribution in [1.82, 2.24) is 20.4 Å². The third-order valence-corrected chi connectivity index (χ3v) is 5.76. The quantitative estimate of drug-likeness (QED) is 0.0925. The Kier molecular flexibility index (Phi) is 14.7. The van der Waals surface area contributed by atoms with Gasteiger partial charge in [-0.2, -0.15) is 0 Å². The lowest BCUT2D eigenvalue weighted by Gasteiger charge is -2.30. The van der Waals surface area contributed by atoms with Crippen LogP contribution >= 0.6 is 0 Å².